The Morgan fingerprint density at radius 1 is 1.33 bits per heavy atom. The molecule has 1 saturated heterocycles. The zero-order chi connectivity index (χ0) is 15.2. The molecule has 0 bridgehead atoms. The molecule has 0 radical (unpaired) electrons. The van der Waals surface area contributed by atoms with Crippen LogP contribution < -0.4 is 10.2 Å². The molecular weight excluding hydrogens is 280 g/mol. The van der Waals surface area contributed by atoms with Crippen molar-refractivity contribution >= 4 is 17.3 Å². The summed E-state index contributed by atoms with van der Waals surface area (Å²) in [6, 6.07) is 7.06. The number of nitrogens with zero attached hydrogens (tertiary/aromatic N) is 1. The van der Waals surface area contributed by atoms with Crippen LogP contribution in [0.2, 0.25) is 5.02 Å². The number of hydrogen-bond donors (Lipinski definition) is 1. The van der Waals surface area contributed by atoms with Gasteiger partial charge in [0.15, 0.2) is 0 Å². The average Bonchev–Trinajstić information content (AvgIpc) is 2.47. The molecule has 1 aromatic carbocycles. The van der Waals surface area contributed by atoms with Crippen molar-refractivity contribution in [3.05, 3.63) is 28.8 Å². The molecule has 3 heteroatoms. The fourth-order valence-electron chi connectivity index (χ4n) is 3.21. The maximum Gasteiger partial charge on any atom is 0.0415 e. The number of benzene rings is 1. The fraction of sp³-hybridized carbons (Fsp3) is 0.667. The molecule has 0 aliphatic carbocycles. The molecule has 0 saturated carbocycles. The Kier molecular flexibility index (Phi) is 6.38. The highest BCUT2D eigenvalue weighted by molar-refractivity contribution is 6.30. The number of halogens is 1. The molecular formula is C18H29ClN2. The van der Waals surface area contributed by atoms with Gasteiger partial charge in [0, 0.05) is 29.8 Å². The van der Waals surface area contributed by atoms with E-state index < -0.39 is 0 Å². The first-order chi connectivity index (χ1) is 10.1. The van der Waals surface area contributed by atoms with Gasteiger partial charge in [0.1, 0.15) is 0 Å². The summed E-state index contributed by atoms with van der Waals surface area (Å²) in [6.45, 7) is 9.91. The SMILES string of the molecule is CCC1CCCCN1c1ccc(Cl)cc1CNCC(C)C. The van der Waals surface area contributed by atoms with Gasteiger partial charge in [-0.15, -0.1) is 0 Å². The van der Waals surface area contributed by atoms with Gasteiger partial charge in [-0.25, -0.2) is 0 Å². The molecule has 1 aliphatic heterocycles. The van der Waals surface area contributed by atoms with Crippen LogP contribution in [-0.4, -0.2) is 19.1 Å². The van der Waals surface area contributed by atoms with E-state index in [4.69, 9.17) is 11.6 Å². The van der Waals surface area contributed by atoms with Crippen LogP contribution in [0.4, 0.5) is 5.69 Å². The van der Waals surface area contributed by atoms with E-state index in [0.717, 1.165) is 18.1 Å². The third-order valence-corrected chi connectivity index (χ3v) is 4.55. The number of piperidine rings is 1. The normalized spacial score (nSPS) is 19.3. The minimum atomic E-state index is 0.672. The van der Waals surface area contributed by atoms with Crippen molar-refractivity contribution in [2.45, 2.75) is 59.0 Å². The van der Waals surface area contributed by atoms with E-state index in [0.29, 0.717) is 12.0 Å². The predicted octanol–water partition coefficient (Wildman–Crippen LogP) is 4.85. The monoisotopic (exact) mass is 308 g/mol. The molecule has 0 spiro atoms. The summed E-state index contributed by atoms with van der Waals surface area (Å²) in [5, 5.41) is 4.39. The van der Waals surface area contributed by atoms with Crippen LogP contribution in [0.3, 0.4) is 0 Å². The minimum absolute atomic E-state index is 0.672. The van der Waals surface area contributed by atoms with E-state index in [-0.39, 0.29) is 0 Å². The number of rotatable bonds is 6. The smallest absolute Gasteiger partial charge is 0.0415 e. The lowest BCUT2D eigenvalue weighted by Gasteiger charge is -2.38. The third kappa shape index (κ3) is 4.62. The average molecular weight is 309 g/mol. The molecule has 1 aromatic rings. The van der Waals surface area contributed by atoms with Crippen LogP contribution in [0.5, 0.6) is 0 Å². The van der Waals surface area contributed by atoms with E-state index in [9.17, 15) is 0 Å². The molecule has 1 aliphatic rings. The molecule has 2 rings (SSSR count). The fourth-order valence-corrected chi connectivity index (χ4v) is 3.41. The number of hydrogen-bond acceptors (Lipinski definition) is 2. The summed E-state index contributed by atoms with van der Waals surface area (Å²) < 4.78 is 0. The molecule has 1 unspecified atom stereocenters. The summed E-state index contributed by atoms with van der Waals surface area (Å²) in [4.78, 5) is 2.60. The van der Waals surface area contributed by atoms with E-state index in [2.05, 4.69) is 43.1 Å². The van der Waals surface area contributed by atoms with Gasteiger partial charge in [-0.3, -0.25) is 0 Å². The Morgan fingerprint density at radius 2 is 2.14 bits per heavy atom. The maximum atomic E-state index is 6.22. The highest BCUT2D eigenvalue weighted by atomic mass is 35.5. The second kappa shape index (κ2) is 8.05. The Morgan fingerprint density at radius 3 is 2.86 bits per heavy atom. The predicted molar refractivity (Wildman–Crippen MR) is 93.3 cm³/mol. The lowest BCUT2D eigenvalue weighted by molar-refractivity contribution is 0.448. The van der Waals surface area contributed by atoms with Crippen molar-refractivity contribution in [1.82, 2.24) is 5.32 Å². The summed E-state index contributed by atoms with van der Waals surface area (Å²) in [5.74, 6) is 0.672. The topological polar surface area (TPSA) is 15.3 Å². The first-order valence-electron chi connectivity index (χ1n) is 8.37. The lowest BCUT2D eigenvalue weighted by Crippen LogP contribution is -2.40. The van der Waals surface area contributed by atoms with E-state index >= 15 is 0 Å². The van der Waals surface area contributed by atoms with Gasteiger partial charge in [0.05, 0.1) is 0 Å². The highest BCUT2D eigenvalue weighted by Crippen LogP contribution is 2.31. The van der Waals surface area contributed by atoms with Crippen molar-refractivity contribution in [2.75, 3.05) is 18.0 Å². The summed E-state index contributed by atoms with van der Waals surface area (Å²) >= 11 is 6.22. The van der Waals surface area contributed by atoms with E-state index in [1.807, 2.05) is 6.07 Å². The molecule has 0 amide bonds. The van der Waals surface area contributed by atoms with Gasteiger partial charge in [0.2, 0.25) is 0 Å². The Balaban J connectivity index is 2.16. The van der Waals surface area contributed by atoms with Crippen molar-refractivity contribution in [1.29, 1.82) is 0 Å². The molecule has 1 heterocycles. The first-order valence-corrected chi connectivity index (χ1v) is 8.75. The second-order valence-corrected chi connectivity index (χ2v) is 6.99. The van der Waals surface area contributed by atoms with Gasteiger partial charge >= 0.3 is 0 Å². The van der Waals surface area contributed by atoms with Crippen molar-refractivity contribution in [3.63, 3.8) is 0 Å². The van der Waals surface area contributed by atoms with Crippen LogP contribution in [0, 0.1) is 5.92 Å². The van der Waals surface area contributed by atoms with Crippen LogP contribution in [0.1, 0.15) is 52.0 Å². The Bertz CT molecular complexity index is 445. The van der Waals surface area contributed by atoms with Crippen LogP contribution in [0.15, 0.2) is 18.2 Å². The third-order valence-electron chi connectivity index (χ3n) is 4.32. The molecule has 1 atom stereocenters. The van der Waals surface area contributed by atoms with E-state index in [1.165, 1.54) is 43.5 Å². The van der Waals surface area contributed by atoms with Gasteiger partial charge in [-0.05, 0) is 61.9 Å². The molecule has 1 fully saturated rings. The van der Waals surface area contributed by atoms with Crippen molar-refractivity contribution in [2.24, 2.45) is 5.92 Å². The molecule has 2 nitrogen and oxygen atoms in total. The van der Waals surface area contributed by atoms with E-state index in [1.54, 1.807) is 0 Å². The Labute approximate surface area is 134 Å². The van der Waals surface area contributed by atoms with Crippen molar-refractivity contribution in [3.8, 4) is 0 Å². The highest BCUT2D eigenvalue weighted by Gasteiger charge is 2.22. The Hall–Kier alpha value is -0.730. The zero-order valence-electron chi connectivity index (χ0n) is 13.7. The quantitative estimate of drug-likeness (QED) is 0.807. The minimum Gasteiger partial charge on any atom is -0.368 e. The largest absolute Gasteiger partial charge is 0.368 e. The summed E-state index contributed by atoms with van der Waals surface area (Å²) in [6.07, 6.45) is 5.21. The summed E-state index contributed by atoms with van der Waals surface area (Å²) in [7, 11) is 0. The number of nitrogens with one attached hydrogen (secondary N) is 1. The lowest BCUT2D eigenvalue weighted by atomic mass is 9.98. The van der Waals surface area contributed by atoms with Crippen molar-refractivity contribution < 1.29 is 0 Å². The first kappa shape index (κ1) is 16.6. The number of anilines is 1. The summed E-state index contributed by atoms with van der Waals surface area (Å²) in [5.41, 5.74) is 2.71. The van der Waals surface area contributed by atoms with Crippen LogP contribution >= 0.6 is 11.6 Å². The molecule has 118 valence electrons. The van der Waals surface area contributed by atoms with Gasteiger partial charge < -0.3 is 10.2 Å². The van der Waals surface area contributed by atoms with Crippen LogP contribution in [0.25, 0.3) is 0 Å². The standard InChI is InChI=1S/C18H29ClN2/c1-4-17-7-5-6-10-21(17)18-9-8-16(19)11-15(18)13-20-12-14(2)3/h8-9,11,14,17,20H,4-7,10,12-13H2,1-3H3. The second-order valence-electron chi connectivity index (χ2n) is 6.55. The zero-order valence-corrected chi connectivity index (χ0v) is 14.4. The van der Waals surface area contributed by atoms with Gasteiger partial charge in [-0.1, -0.05) is 32.4 Å². The molecule has 21 heavy (non-hydrogen) atoms. The molecule has 1 N–H and O–H groups in total. The van der Waals surface area contributed by atoms with Gasteiger partial charge in [0.25, 0.3) is 0 Å². The molecule has 0 aromatic heterocycles. The van der Waals surface area contributed by atoms with Gasteiger partial charge in [-0.2, -0.15) is 0 Å². The maximum absolute atomic E-state index is 6.22. The van der Waals surface area contributed by atoms with Crippen LogP contribution in [-0.2, 0) is 6.54 Å².